The number of carbonyl (C=O) groups is 2. The third-order valence-corrected chi connectivity index (χ3v) is 22.0. The molecule has 1 unspecified atom stereocenters. The Hall–Kier alpha value is -1.58. The van der Waals surface area contributed by atoms with Crippen LogP contribution in [0.15, 0.2) is 23.3 Å². The lowest BCUT2D eigenvalue weighted by Crippen LogP contribution is -2.51. The summed E-state index contributed by atoms with van der Waals surface area (Å²) >= 11 is 0. The van der Waals surface area contributed by atoms with E-state index >= 15 is 0 Å². The van der Waals surface area contributed by atoms with Crippen LogP contribution in [0.3, 0.4) is 0 Å². The number of allylic oxidation sites excluding steroid dienone is 2. The molecule has 0 saturated heterocycles. The lowest BCUT2D eigenvalue weighted by Gasteiger charge is -2.58. The molecule has 0 aromatic carbocycles. The van der Waals surface area contributed by atoms with Crippen LogP contribution >= 0.6 is 0 Å². The van der Waals surface area contributed by atoms with Crippen LogP contribution in [0, 0.1) is 98.6 Å². The maximum atomic E-state index is 13.6. The largest absolute Gasteiger partial charge is 0.462 e. The summed E-state index contributed by atoms with van der Waals surface area (Å²) in [5.74, 6) is 9.00. The molecule has 17 atom stereocenters. The lowest BCUT2D eigenvalue weighted by atomic mass is 9.47. The molecule has 8 aliphatic carbocycles. The minimum absolute atomic E-state index is 0.0722. The van der Waals surface area contributed by atoms with Crippen LogP contribution in [0.5, 0.6) is 0 Å². The van der Waals surface area contributed by atoms with Gasteiger partial charge >= 0.3 is 11.9 Å². The molecule has 0 bridgehead atoms. The summed E-state index contributed by atoms with van der Waals surface area (Å²) in [5, 5.41) is 0. The maximum absolute atomic E-state index is 13.6. The van der Waals surface area contributed by atoms with E-state index in [9.17, 15) is 9.59 Å². The van der Waals surface area contributed by atoms with Crippen molar-refractivity contribution in [1.29, 1.82) is 0 Å². The van der Waals surface area contributed by atoms with E-state index in [4.69, 9.17) is 9.47 Å². The average Bonchev–Trinajstić information content (AvgIpc) is 3.77. The minimum Gasteiger partial charge on any atom is -0.462 e. The first-order chi connectivity index (χ1) is 29.9. The smallest absolute Gasteiger partial charge is 0.309 e. The van der Waals surface area contributed by atoms with Crippen molar-refractivity contribution in [3.05, 3.63) is 23.3 Å². The van der Waals surface area contributed by atoms with Crippen LogP contribution in [0.4, 0.5) is 0 Å². The van der Waals surface area contributed by atoms with E-state index in [-0.39, 0.29) is 41.4 Å². The van der Waals surface area contributed by atoms with Crippen LogP contribution in [-0.4, -0.2) is 24.1 Å². The number of esters is 2. The van der Waals surface area contributed by atoms with Crippen LogP contribution in [-0.2, 0) is 19.1 Å². The van der Waals surface area contributed by atoms with Crippen molar-refractivity contribution in [2.75, 3.05) is 0 Å². The van der Waals surface area contributed by atoms with Crippen molar-refractivity contribution in [3.8, 4) is 0 Å². The van der Waals surface area contributed by atoms with Crippen LogP contribution in [0.1, 0.15) is 224 Å². The van der Waals surface area contributed by atoms with E-state index < -0.39 is 5.92 Å². The van der Waals surface area contributed by atoms with E-state index in [0.29, 0.717) is 10.8 Å². The van der Waals surface area contributed by atoms with Crippen molar-refractivity contribution in [2.45, 2.75) is 236 Å². The van der Waals surface area contributed by atoms with Crippen molar-refractivity contribution < 1.29 is 19.1 Å². The van der Waals surface area contributed by atoms with Gasteiger partial charge in [0.05, 0.1) is 12.3 Å². The minimum atomic E-state index is -0.483. The summed E-state index contributed by atoms with van der Waals surface area (Å²) < 4.78 is 12.5. The Morgan fingerprint density at radius 3 is 1.44 bits per heavy atom. The molecular formula is C59H96O4. The van der Waals surface area contributed by atoms with Crippen molar-refractivity contribution in [3.63, 3.8) is 0 Å². The number of rotatable bonds is 15. The summed E-state index contributed by atoms with van der Waals surface area (Å²) in [6.45, 7) is 27.0. The molecule has 0 radical (unpaired) electrons. The van der Waals surface area contributed by atoms with Gasteiger partial charge in [-0.15, -0.1) is 0 Å². The maximum Gasteiger partial charge on any atom is 0.309 e. The molecule has 8 rings (SSSR count). The first-order valence-electron chi connectivity index (χ1n) is 27.7. The van der Waals surface area contributed by atoms with Gasteiger partial charge in [0, 0.05) is 12.8 Å². The van der Waals surface area contributed by atoms with E-state index in [1.807, 2.05) is 6.92 Å². The molecule has 0 aromatic heterocycles. The van der Waals surface area contributed by atoms with Crippen molar-refractivity contribution in [1.82, 2.24) is 0 Å². The molecule has 6 saturated carbocycles. The van der Waals surface area contributed by atoms with Crippen LogP contribution in [0.25, 0.3) is 0 Å². The molecule has 63 heavy (non-hydrogen) atoms. The Morgan fingerprint density at radius 2 is 1.00 bits per heavy atom. The van der Waals surface area contributed by atoms with Gasteiger partial charge in [-0.05, 0) is 183 Å². The van der Waals surface area contributed by atoms with E-state index in [1.165, 1.54) is 103 Å². The van der Waals surface area contributed by atoms with Gasteiger partial charge < -0.3 is 9.47 Å². The highest BCUT2D eigenvalue weighted by Gasteiger charge is 2.61. The molecule has 8 aliphatic rings. The van der Waals surface area contributed by atoms with Gasteiger partial charge in [-0.2, -0.15) is 0 Å². The molecule has 4 heteroatoms. The zero-order chi connectivity index (χ0) is 45.1. The van der Waals surface area contributed by atoms with Crippen molar-refractivity contribution in [2.24, 2.45) is 98.6 Å². The average molecular weight is 869 g/mol. The third-order valence-electron chi connectivity index (χ3n) is 22.0. The molecule has 4 nitrogen and oxygen atoms in total. The fourth-order valence-corrected chi connectivity index (χ4v) is 18.4. The monoisotopic (exact) mass is 869 g/mol. The van der Waals surface area contributed by atoms with E-state index in [2.05, 4.69) is 81.4 Å². The number of hydrogen-bond acceptors (Lipinski definition) is 4. The summed E-state index contributed by atoms with van der Waals surface area (Å²) in [6, 6.07) is 0. The molecule has 356 valence electrons. The zero-order valence-electron chi connectivity index (χ0n) is 42.7. The Bertz CT molecular complexity index is 1690. The Balaban J connectivity index is 0.802. The number of carbonyl (C=O) groups excluding carboxylic acids is 2. The first kappa shape index (κ1) is 47.9. The van der Waals surface area contributed by atoms with Crippen molar-refractivity contribution >= 4 is 11.9 Å². The number of ether oxygens (including phenoxy) is 2. The SMILES string of the molecule is CC(C)CCC[C@@H](C)[C@H]1CC[C@H]2[C@@H]3CC=C4C[C@@H](OC(=O)CC(C)C(=O)O[C@H]5CC[C@@]6(C)C(=CC[C@H]7[C@@H]8CC[C@H]([C@H](C)CCCC(C)C)[C@@]8(C)CC[C@@H]76)C5)CC[C@]4(C)[C@H]3CC[C@]12C. The van der Waals surface area contributed by atoms with Gasteiger partial charge in [-0.25, -0.2) is 0 Å². The number of hydrogen-bond donors (Lipinski definition) is 0. The Labute approximate surface area is 387 Å². The van der Waals surface area contributed by atoms with E-state index in [1.54, 1.807) is 11.1 Å². The van der Waals surface area contributed by atoms with Gasteiger partial charge in [0.2, 0.25) is 0 Å². The van der Waals surface area contributed by atoms with Gasteiger partial charge in [-0.3, -0.25) is 9.59 Å². The highest BCUT2D eigenvalue weighted by molar-refractivity contribution is 5.79. The molecular weight excluding hydrogens is 773 g/mol. The quantitative estimate of drug-likeness (QED) is 0.122. The molecule has 0 aliphatic heterocycles. The van der Waals surface area contributed by atoms with E-state index in [0.717, 1.165) is 110 Å². The third kappa shape index (κ3) is 9.11. The van der Waals surface area contributed by atoms with Gasteiger partial charge in [0.25, 0.3) is 0 Å². The zero-order valence-corrected chi connectivity index (χ0v) is 42.7. The lowest BCUT2D eigenvalue weighted by molar-refractivity contribution is -0.162. The topological polar surface area (TPSA) is 52.6 Å². The molecule has 0 heterocycles. The fourth-order valence-electron chi connectivity index (χ4n) is 18.4. The predicted octanol–water partition coefficient (Wildman–Crippen LogP) is 15.9. The second-order valence-corrected chi connectivity index (χ2v) is 26.3. The predicted molar refractivity (Wildman–Crippen MR) is 260 cm³/mol. The van der Waals surface area contributed by atoms with Gasteiger partial charge in [0.15, 0.2) is 0 Å². The van der Waals surface area contributed by atoms with Gasteiger partial charge in [-0.1, -0.05) is 138 Å². The standard InChI is InChI=1S/C59H96O4/c1-37(2)14-12-16-39(5)48-22-24-50-46-20-18-42-35-44(26-30-56(42,8)52(46)28-32-58(48,50)10)62-54(60)34-41(7)55(61)63-45-27-31-57(9)43(36-45)19-21-47-51-25-23-49(40(6)17-13-15-38(3)4)59(51,11)33-29-53(47)57/h18-19,37-41,44-53H,12-17,20-36H2,1-11H3/t39-,40-,41?,44+,45+,46+,47+,48-,49-,50+,51+,52+,53+,56+,57+,58-,59-/m1/s1. The molecule has 0 N–H and O–H groups in total. The van der Waals surface area contributed by atoms with Crippen LogP contribution in [0.2, 0.25) is 0 Å². The highest BCUT2D eigenvalue weighted by atomic mass is 16.6. The summed E-state index contributed by atoms with van der Waals surface area (Å²) in [5.41, 5.74) is 4.59. The van der Waals surface area contributed by atoms with Gasteiger partial charge in [0.1, 0.15) is 12.2 Å². The Morgan fingerprint density at radius 1 is 0.556 bits per heavy atom. The Kier molecular flexibility index (Phi) is 14.3. The number of fused-ring (bicyclic) bond motifs is 10. The molecule has 0 spiro atoms. The fraction of sp³-hybridized carbons (Fsp3) is 0.898. The normalized spacial score (nSPS) is 43.3. The summed E-state index contributed by atoms with van der Waals surface area (Å²) in [7, 11) is 0. The van der Waals surface area contributed by atoms with Crippen LogP contribution < -0.4 is 0 Å². The second-order valence-electron chi connectivity index (χ2n) is 26.3. The molecule has 0 aromatic rings. The summed E-state index contributed by atoms with van der Waals surface area (Å²) in [6.07, 6.45) is 33.0. The highest BCUT2D eigenvalue weighted by Crippen LogP contribution is 2.69. The first-order valence-corrected chi connectivity index (χ1v) is 27.7. The summed E-state index contributed by atoms with van der Waals surface area (Å²) in [4.78, 5) is 27.1. The molecule has 0 amide bonds. The molecule has 6 fully saturated rings. The second kappa shape index (κ2) is 18.8.